The average Bonchev–Trinajstić information content (AvgIpc) is 2.82. The second-order valence-corrected chi connectivity index (χ2v) is 7.86. The van der Waals surface area contributed by atoms with Gasteiger partial charge in [-0.3, -0.25) is 14.6 Å². The summed E-state index contributed by atoms with van der Waals surface area (Å²) in [6, 6.07) is 19.6. The van der Waals surface area contributed by atoms with E-state index in [1.165, 1.54) is 16.7 Å². The number of carbonyl (C=O) groups excluding carboxylic acids is 2. The van der Waals surface area contributed by atoms with Crippen LogP contribution in [0.1, 0.15) is 44.0 Å². The monoisotopic (exact) mass is 397 g/mol. The van der Waals surface area contributed by atoms with E-state index in [0.29, 0.717) is 30.9 Å². The maximum atomic E-state index is 13.2. The summed E-state index contributed by atoms with van der Waals surface area (Å²) in [4.78, 5) is 34.3. The standard InChI is InChI=1S/C25H23N3O2/c29-24(27-15-12-18-6-1-2-8-21(18)17-27)20-11-13-26-22(16-20)25(30)28-14-5-9-19-7-3-4-10-23(19)28/h1-4,6-8,10-11,13,16H,5,9,12,14-15,17H2. The Kier molecular flexibility index (Phi) is 4.79. The van der Waals surface area contributed by atoms with Gasteiger partial charge in [0, 0.05) is 37.1 Å². The molecule has 3 aromatic rings. The molecule has 2 aliphatic heterocycles. The number of aromatic nitrogens is 1. The topological polar surface area (TPSA) is 53.5 Å². The molecule has 0 aliphatic carbocycles. The van der Waals surface area contributed by atoms with E-state index in [1.807, 2.05) is 35.2 Å². The fourth-order valence-corrected chi connectivity index (χ4v) is 4.42. The molecule has 2 aromatic carbocycles. The highest BCUT2D eigenvalue weighted by atomic mass is 16.2. The highest BCUT2D eigenvalue weighted by Gasteiger charge is 2.26. The molecule has 3 heterocycles. The largest absolute Gasteiger partial charge is 0.334 e. The number of benzene rings is 2. The van der Waals surface area contributed by atoms with Gasteiger partial charge in [0.2, 0.25) is 0 Å². The number of para-hydroxylation sites is 1. The van der Waals surface area contributed by atoms with Crippen molar-refractivity contribution in [3.63, 3.8) is 0 Å². The summed E-state index contributed by atoms with van der Waals surface area (Å²) in [6.07, 6.45) is 4.31. The Morgan fingerprint density at radius 2 is 1.57 bits per heavy atom. The zero-order chi connectivity index (χ0) is 20.5. The van der Waals surface area contributed by atoms with E-state index in [4.69, 9.17) is 0 Å². The lowest BCUT2D eigenvalue weighted by atomic mass is 9.99. The van der Waals surface area contributed by atoms with Crippen LogP contribution in [0, 0.1) is 0 Å². The van der Waals surface area contributed by atoms with Crippen LogP contribution in [-0.4, -0.2) is 34.8 Å². The van der Waals surface area contributed by atoms with E-state index < -0.39 is 0 Å². The van der Waals surface area contributed by atoms with Gasteiger partial charge in [-0.25, -0.2) is 0 Å². The third kappa shape index (κ3) is 3.36. The summed E-state index contributed by atoms with van der Waals surface area (Å²) in [6.45, 7) is 1.94. The molecule has 0 N–H and O–H groups in total. The van der Waals surface area contributed by atoms with E-state index in [-0.39, 0.29) is 11.8 Å². The van der Waals surface area contributed by atoms with Crippen LogP contribution in [-0.2, 0) is 19.4 Å². The molecule has 1 aromatic heterocycles. The molecule has 0 radical (unpaired) electrons. The Morgan fingerprint density at radius 3 is 2.43 bits per heavy atom. The fraction of sp³-hybridized carbons (Fsp3) is 0.240. The quantitative estimate of drug-likeness (QED) is 0.660. The summed E-state index contributed by atoms with van der Waals surface area (Å²) in [5, 5.41) is 0. The van der Waals surface area contributed by atoms with Crippen molar-refractivity contribution in [1.29, 1.82) is 0 Å². The molecule has 5 nitrogen and oxygen atoms in total. The molecule has 2 amide bonds. The predicted molar refractivity (Wildman–Crippen MR) is 116 cm³/mol. The van der Waals surface area contributed by atoms with Gasteiger partial charge in [-0.1, -0.05) is 42.5 Å². The van der Waals surface area contributed by atoms with Crippen molar-refractivity contribution < 1.29 is 9.59 Å². The Labute approximate surface area is 176 Å². The summed E-state index contributed by atoms with van der Waals surface area (Å²) < 4.78 is 0. The Bertz CT molecular complexity index is 1120. The van der Waals surface area contributed by atoms with Crippen LogP contribution in [0.25, 0.3) is 0 Å². The van der Waals surface area contributed by atoms with Crippen molar-refractivity contribution in [3.8, 4) is 0 Å². The molecule has 2 aliphatic rings. The number of pyridine rings is 1. The van der Waals surface area contributed by atoms with E-state index in [2.05, 4.69) is 23.2 Å². The highest BCUT2D eigenvalue weighted by Crippen LogP contribution is 2.28. The summed E-state index contributed by atoms with van der Waals surface area (Å²) in [5.74, 6) is -0.208. The van der Waals surface area contributed by atoms with Gasteiger partial charge in [0.1, 0.15) is 5.69 Å². The lowest BCUT2D eigenvalue weighted by Gasteiger charge is -2.30. The molecule has 0 saturated heterocycles. The van der Waals surface area contributed by atoms with Crippen molar-refractivity contribution in [1.82, 2.24) is 9.88 Å². The van der Waals surface area contributed by atoms with Gasteiger partial charge in [-0.2, -0.15) is 0 Å². The van der Waals surface area contributed by atoms with E-state index in [0.717, 1.165) is 24.9 Å². The van der Waals surface area contributed by atoms with Gasteiger partial charge in [-0.05, 0) is 54.2 Å². The van der Waals surface area contributed by atoms with E-state index in [1.54, 1.807) is 23.2 Å². The van der Waals surface area contributed by atoms with Gasteiger partial charge in [0.25, 0.3) is 11.8 Å². The third-order valence-electron chi connectivity index (χ3n) is 6.00. The molecule has 0 bridgehead atoms. The van der Waals surface area contributed by atoms with Crippen LogP contribution in [0.15, 0.2) is 66.9 Å². The number of amides is 2. The summed E-state index contributed by atoms with van der Waals surface area (Å²) in [5.41, 5.74) is 5.44. The number of rotatable bonds is 2. The van der Waals surface area contributed by atoms with Crippen LogP contribution in [0.3, 0.4) is 0 Å². The normalized spacial score (nSPS) is 15.3. The van der Waals surface area contributed by atoms with Crippen LogP contribution < -0.4 is 4.90 Å². The van der Waals surface area contributed by atoms with Crippen LogP contribution >= 0.6 is 0 Å². The van der Waals surface area contributed by atoms with Crippen LogP contribution in [0.4, 0.5) is 5.69 Å². The molecule has 150 valence electrons. The van der Waals surface area contributed by atoms with Crippen molar-refractivity contribution in [2.45, 2.75) is 25.8 Å². The maximum Gasteiger partial charge on any atom is 0.276 e. The minimum absolute atomic E-state index is 0.0556. The molecule has 0 unspecified atom stereocenters. The van der Waals surface area contributed by atoms with E-state index >= 15 is 0 Å². The first kappa shape index (κ1) is 18.6. The molecule has 5 rings (SSSR count). The van der Waals surface area contributed by atoms with Gasteiger partial charge < -0.3 is 9.80 Å². The minimum Gasteiger partial charge on any atom is -0.334 e. The van der Waals surface area contributed by atoms with E-state index in [9.17, 15) is 9.59 Å². The molecule has 30 heavy (non-hydrogen) atoms. The number of fused-ring (bicyclic) bond motifs is 2. The van der Waals surface area contributed by atoms with Gasteiger partial charge >= 0.3 is 0 Å². The van der Waals surface area contributed by atoms with Crippen molar-refractivity contribution in [2.75, 3.05) is 18.0 Å². The number of hydrogen-bond donors (Lipinski definition) is 0. The lowest BCUT2D eigenvalue weighted by Crippen LogP contribution is -2.37. The highest BCUT2D eigenvalue weighted by molar-refractivity contribution is 6.07. The van der Waals surface area contributed by atoms with Gasteiger partial charge in [0.05, 0.1) is 0 Å². The molecule has 0 saturated carbocycles. The molecule has 0 spiro atoms. The number of anilines is 1. The summed E-state index contributed by atoms with van der Waals surface area (Å²) in [7, 11) is 0. The Balaban J connectivity index is 1.39. The molecular formula is C25H23N3O2. The average molecular weight is 397 g/mol. The van der Waals surface area contributed by atoms with Gasteiger partial charge in [0.15, 0.2) is 0 Å². The first-order valence-corrected chi connectivity index (χ1v) is 10.4. The first-order chi connectivity index (χ1) is 14.7. The minimum atomic E-state index is -0.152. The smallest absolute Gasteiger partial charge is 0.276 e. The van der Waals surface area contributed by atoms with Crippen LogP contribution in [0.5, 0.6) is 0 Å². The van der Waals surface area contributed by atoms with Crippen molar-refractivity contribution in [3.05, 3.63) is 94.8 Å². The fourth-order valence-electron chi connectivity index (χ4n) is 4.42. The number of carbonyl (C=O) groups is 2. The van der Waals surface area contributed by atoms with Crippen molar-refractivity contribution in [2.24, 2.45) is 0 Å². The third-order valence-corrected chi connectivity index (χ3v) is 6.00. The molecule has 0 fully saturated rings. The molecule has 0 atom stereocenters. The number of aryl methyl sites for hydroxylation is 1. The Morgan fingerprint density at radius 1 is 0.800 bits per heavy atom. The second-order valence-electron chi connectivity index (χ2n) is 7.86. The van der Waals surface area contributed by atoms with Crippen LogP contribution in [0.2, 0.25) is 0 Å². The SMILES string of the molecule is O=C(c1ccnc(C(=O)N2CCCc3ccccc32)c1)N1CCc2ccccc2C1. The molecular weight excluding hydrogens is 374 g/mol. The first-order valence-electron chi connectivity index (χ1n) is 10.4. The Hall–Kier alpha value is -3.47. The number of nitrogens with zero attached hydrogens (tertiary/aromatic N) is 3. The molecule has 5 heteroatoms. The second kappa shape index (κ2) is 7.75. The van der Waals surface area contributed by atoms with Gasteiger partial charge in [-0.15, -0.1) is 0 Å². The summed E-state index contributed by atoms with van der Waals surface area (Å²) >= 11 is 0. The zero-order valence-electron chi connectivity index (χ0n) is 16.8. The number of hydrogen-bond acceptors (Lipinski definition) is 3. The predicted octanol–water partition coefficient (Wildman–Crippen LogP) is 3.87. The lowest BCUT2D eigenvalue weighted by molar-refractivity contribution is 0.0734. The zero-order valence-corrected chi connectivity index (χ0v) is 16.8. The maximum absolute atomic E-state index is 13.2. The van der Waals surface area contributed by atoms with Crippen molar-refractivity contribution >= 4 is 17.5 Å².